The molecule has 32 heavy (non-hydrogen) atoms. The largest absolute Gasteiger partial charge is 0.508 e. The predicted molar refractivity (Wildman–Crippen MR) is 126 cm³/mol. The summed E-state index contributed by atoms with van der Waals surface area (Å²) >= 11 is 0. The lowest BCUT2D eigenvalue weighted by atomic mass is 9.87. The highest BCUT2D eigenvalue weighted by molar-refractivity contribution is 6.04. The van der Waals surface area contributed by atoms with Gasteiger partial charge < -0.3 is 15.7 Å². The van der Waals surface area contributed by atoms with Crippen LogP contribution >= 0.6 is 0 Å². The van der Waals surface area contributed by atoms with Crippen LogP contribution in [0, 0.1) is 0 Å². The van der Waals surface area contributed by atoms with Crippen LogP contribution in [0.2, 0.25) is 0 Å². The molecular formula is C25H27N5O2. The van der Waals surface area contributed by atoms with E-state index in [9.17, 15) is 9.90 Å². The van der Waals surface area contributed by atoms with E-state index in [0.717, 1.165) is 17.8 Å². The van der Waals surface area contributed by atoms with Gasteiger partial charge in [0.05, 0.1) is 6.20 Å². The highest BCUT2D eigenvalue weighted by Crippen LogP contribution is 2.23. The summed E-state index contributed by atoms with van der Waals surface area (Å²) < 4.78 is 1.70. The van der Waals surface area contributed by atoms with Crippen LogP contribution in [-0.4, -0.2) is 32.2 Å². The third-order valence-electron chi connectivity index (χ3n) is 5.27. The maximum Gasteiger partial charge on any atom is 0.256 e. The van der Waals surface area contributed by atoms with Crippen molar-refractivity contribution in [1.29, 1.82) is 0 Å². The molecule has 2 heterocycles. The van der Waals surface area contributed by atoms with Crippen LogP contribution in [0.1, 0.15) is 42.3 Å². The van der Waals surface area contributed by atoms with Crippen molar-refractivity contribution in [2.45, 2.75) is 32.6 Å². The first kappa shape index (κ1) is 21.4. The topological polar surface area (TPSA) is 91.5 Å². The number of fused-ring (bicyclic) bond motifs is 1. The molecule has 2 aromatic heterocycles. The van der Waals surface area contributed by atoms with Crippen LogP contribution < -0.4 is 10.6 Å². The summed E-state index contributed by atoms with van der Waals surface area (Å²) in [6.45, 7) is 7.08. The number of benzene rings is 2. The van der Waals surface area contributed by atoms with Crippen molar-refractivity contribution in [2.75, 3.05) is 17.2 Å². The zero-order valence-corrected chi connectivity index (χ0v) is 18.5. The number of amides is 1. The number of carbonyl (C=O) groups excluding carboxylic acids is 1. The molecule has 0 unspecified atom stereocenters. The summed E-state index contributed by atoms with van der Waals surface area (Å²) in [7, 11) is 0. The number of phenols is 1. The Morgan fingerprint density at radius 2 is 1.75 bits per heavy atom. The fraction of sp³-hybridized carbons (Fsp3) is 0.240. The molecule has 0 spiro atoms. The molecule has 0 atom stereocenters. The molecule has 0 radical (unpaired) electrons. The van der Waals surface area contributed by atoms with E-state index in [1.54, 1.807) is 35.0 Å². The van der Waals surface area contributed by atoms with E-state index in [0.29, 0.717) is 23.6 Å². The van der Waals surface area contributed by atoms with Crippen LogP contribution in [0.3, 0.4) is 0 Å². The third-order valence-corrected chi connectivity index (χ3v) is 5.27. The number of anilines is 2. The van der Waals surface area contributed by atoms with E-state index in [-0.39, 0.29) is 17.1 Å². The zero-order chi connectivity index (χ0) is 22.7. The van der Waals surface area contributed by atoms with E-state index < -0.39 is 0 Å². The van der Waals surface area contributed by atoms with E-state index in [4.69, 9.17) is 0 Å². The minimum atomic E-state index is -0.211. The minimum absolute atomic E-state index is 0.0321. The lowest BCUT2D eigenvalue weighted by molar-refractivity contribution is 0.102. The Morgan fingerprint density at radius 3 is 2.44 bits per heavy atom. The molecule has 2 aromatic carbocycles. The summed E-state index contributed by atoms with van der Waals surface area (Å²) in [5, 5.41) is 20.0. The van der Waals surface area contributed by atoms with Gasteiger partial charge in [0.2, 0.25) is 0 Å². The SMILES string of the molecule is CC(C)(C)c1ccc(C(=O)Nc2cc(NCCc3ccc(O)cc3)n3nccc3n2)cc1. The minimum Gasteiger partial charge on any atom is -0.508 e. The van der Waals surface area contributed by atoms with Crippen molar-refractivity contribution < 1.29 is 9.90 Å². The van der Waals surface area contributed by atoms with Gasteiger partial charge in [-0.1, -0.05) is 45.0 Å². The predicted octanol–water partition coefficient (Wildman–Crippen LogP) is 4.64. The molecule has 0 saturated carbocycles. The number of phenolic OH excluding ortho intramolecular Hbond substituents is 1. The first-order chi connectivity index (χ1) is 15.3. The summed E-state index contributed by atoms with van der Waals surface area (Å²) in [6, 6.07) is 18.3. The molecule has 4 aromatic rings. The summed E-state index contributed by atoms with van der Waals surface area (Å²) in [4.78, 5) is 17.3. The van der Waals surface area contributed by atoms with Crippen LogP contribution in [-0.2, 0) is 11.8 Å². The van der Waals surface area contributed by atoms with Crippen molar-refractivity contribution in [1.82, 2.24) is 14.6 Å². The maximum atomic E-state index is 12.8. The second-order valence-electron chi connectivity index (χ2n) is 8.75. The van der Waals surface area contributed by atoms with Gasteiger partial charge in [-0.05, 0) is 47.2 Å². The Bertz CT molecular complexity index is 1220. The molecule has 0 aliphatic heterocycles. The van der Waals surface area contributed by atoms with E-state index in [1.807, 2.05) is 36.4 Å². The molecular weight excluding hydrogens is 402 g/mol. The van der Waals surface area contributed by atoms with Crippen LogP contribution in [0.5, 0.6) is 5.75 Å². The van der Waals surface area contributed by atoms with Crippen LogP contribution in [0.25, 0.3) is 5.65 Å². The number of carbonyl (C=O) groups is 1. The first-order valence-electron chi connectivity index (χ1n) is 10.6. The highest BCUT2D eigenvalue weighted by atomic mass is 16.3. The lowest BCUT2D eigenvalue weighted by Gasteiger charge is -2.19. The average molecular weight is 430 g/mol. The summed E-state index contributed by atoms with van der Waals surface area (Å²) in [6.07, 6.45) is 2.44. The van der Waals surface area contributed by atoms with Crippen molar-refractivity contribution in [2.24, 2.45) is 0 Å². The Morgan fingerprint density at radius 1 is 1.03 bits per heavy atom. The molecule has 0 fully saturated rings. The average Bonchev–Trinajstić information content (AvgIpc) is 3.23. The van der Waals surface area contributed by atoms with Gasteiger partial charge in [0, 0.05) is 24.2 Å². The van der Waals surface area contributed by atoms with Gasteiger partial charge in [-0.3, -0.25) is 4.79 Å². The van der Waals surface area contributed by atoms with Crippen molar-refractivity contribution >= 4 is 23.2 Å². The van der Waals surface area contributed by atoms with Crippen LogP contribution in [0.4, 0.5) is 11.6 Å². The third kappa shape index (κ3) is 4.88. The number of nitrogens with one attached hydrogen (secondary N) is 2. The van der Waals surface area contributed by atoms with Gasteiger partial charge in [0.1, 0.15) is 17.4 Å². The normalized spacial score (nSPS) is 11.5. The van der Waals surface area contributed by atoms with Gasteiger partial charge in [-0.15, -0.1) is 0 Å². The number of rotatable bonds is 6. The zero-order valence-electron chi connectivity index (χ0n) is 18.5. The first-order valence-corrected chi connectivity index (χ1v) is 10.6. The molecule has 3 N–H and O–H groups in total. The van der Waals surface area contributed by atoms with E-state index >= 15 is 0 Å². The van der Waals surface area contributed by atoms with E-state index in [1.165, 1.54) is 5.56 Å². The Labute approximate surface area is 187 Å². The highest BCUT2D eigenvalue weighted by Gasteiger charge is 2.15. The molecule has 7 nitrogen and oxygen atoms in total. The quantitative estimate of drug-likeness (QED) is 0.415. The Hall–Kier alpha value is -3.87. The lowest BCUT2D eigenvalue weighted by Crippen LogP contribution is -2.16. The van der Waals surface area contributed by atoms with Gasteiger partial charge in [0.25, 0.3) is 5.91 Å². The van der Waals surface area contributed by atoms with Gasteiger partial charge >= 0.3 is 0 Å². The van der Waals surface area contributed by atoms with Crippen LogP contribution in [0.15, 0.2) is 66.9 Å². The number of hydrogen-bond acceptors (Lipinski definition) is 5. The van der Waals surface area contributed by atoms with Crippen molar-refractivity contribution in [3.05, 3.63) is 83.6 Å². The number of nitrogens with zero attached hydrogens (tertiary/aromatic N) is 3. The molecule has 7 heteroatoms. The summed E-state index contributed by atoms with van der Waals surface area (Å²) in [5.41, 5.74) is 3.53. The molecule has 4 rings (SSSR count). The Balaban J connectivity index is 1.48. The second-order valence-corrected chi connectivity index (χ2v) is 8.75. The smallest absolute Gasteiger partial charge is 0.256 e. The molecule has 1 amide bonds. The standard InChI is InChI=1S/C25H27N5O2/c1-25(2,3)19-8-6-18(7-9-19)24(32)29-21-16-23(30-22(28-21)13-15-27-30)26-14-12-17-4-10-20(31)11-5-17/h4-11,13,15-16,26,31H,12,14H2,1-3H3,(H,28,29,32). The molecule has 0 bridgehead atoms. The number of aromatic hydroxyl groups is 1. The fourth-order valence-corrected chi connectivity index (χ4v) is 3.41. The second kappa shape index (κ2) is 8.70. The number of aromatic nitrogens is 3. The van der Waals surface area contributed by atoms with Gasteiger partial charge in [-0.2, -0.15) is 9.61 Å². The van der Waals surface area contributed by atoms with Gasteiger partial charge in [0.15, 0.2) is 5.65 Å². The Kier molecular flexibility index (Phi) is 5.81. The molecule has 0 aliphatic rings. The molecule has 0 aliphatic carbocycles. The molecule has 164 valence electrons. The fourth-order valence-electron chi connectivity index (χ4n) is 3.41. The molecule has 0 saturated heterocycles. The number of hydrogen-bond donors (Lipinski definition) is 3. The maximum absolute atomic E-state index is 12.8. The summed E-state index contributed by atoms with van der Waals surface area (Å²) in [5.74, 6) is 1.23. The van der Waals surface area contributed by atoms with E-state index in [2.05, 4.69) is 41.5 Å². The van der Waals surface area contributed by atoms with Crippen molar-refractivity contribution in [3.8, 4) is 5.75 Å². The van der Waals surface area contributed by atoms with Gasteiger partial charge in [-0.25, -0.2) is 4.98 Å². The van der Waals surface area contributed by atoms with Crippen molar-refractivity contribution in [3.63, 3.8) is 0 Å². The monoisotopic (exact) mass is 429 g/mol.